The highest BCUT2D eigenvalue weighted by Gasteiger charge is 2.63. The number of anilines is 1. The molecule has 10 heteroatoms. The lowest BCUT2D eigenvalue weighted by Gasteiger charge is -2.33. The molecule has 0 saturated carbocycles. The van der Waals surface area contributed by atoms with E-state index in [1.54, 1.807) is 84.8 Å². The molecule has 0 spiro atoms. The Bertz CT molecular complexity index is 1700. The van der Waals surface area contributed by atoms with Crippen molar-refractivity contribution in [2.24, 2.45) is 11.8 Å². The number of Topliss-reactive ketones (excluding diaryl/α,β-unsaturated/α-hetero) is 2. The summed E-state index contributed by atoms with van der Waals surface area (Å²) in [6, 6.07) is 17.1. The third-order valence-corrected chi connectivity index (χ3v) is 8.14. The number of nitro groups is 1. The molecule has 41 heavy (non-hydrogen) atoms. The third-order valence-electron chi connectivity index (χ3n) is 7.89. The SMILES string of the molecule is Cc1ccc([N+](=O)[O-])cc1N1C(=O)[C@@H]2[C@H](C1=O)[C@@H]1C=C(C(=O)c3ccccc3)C=CN1[C@@H]2C(=O)c1ccc(Cl)cc1. The second kappa shape index (κ2) is 9.94. The minimum Gasteiger partial charge on any atom is -0.359 e. The fourth-order valence-corrected chi connectivity index (χ4v) is 6.05. The Kier molecular flexibility index (Phi) is 6.38. The van der Waals surface area contributed by atoms with Gasteiger partial charge in [-0.15, -0.1) is 0 Å². The molecule has 3 aromatic rings. The van der Waals surface area contributed by atoms with Crippen molar-refractivity contribution in [2.45, 2.75) is 19.0 Å². The van der Waals surface area contributed by atoms with Crippen LogP contribution in [0.15, 0.2) is 96.7 Å². The number of nitrogens with zero attached hydrogens (tertiary/aromatic N) is 3. The molecule has 3 aliphatic rings. The van der Waals surface area contributed by atoms with Crippen LogP contribution in [0, 0.1) is 28.9 Å². The highest BCUT2D eigenvalue weighted by Crippen LogP contribution is 2.48. The number of ketones is 2. The predicted octanol–water partition coefficient (Wildman–Crippen LogP) is 4.93. The predicted molar refractivity (Wildman–Crippen MR) is 150 cm³/mol. The normalized spacial score (nSPS) is 22.8. The van der Waals surface area contributed by atoms with Gasteiger partial charge in [0.25, 0.3) is 5.69 Å². The Balaban J connectivity index is 1.45. The smallest absolute Gasteiger partial charge is 0.271 e. The van der Waals surface area contributed by atoms with Crippen LogP contribution in [0.5, 0.6) is 0 Å². The topological polar surface area (TPSA) is 118 Å². The fourth-order valence-electron chi connectivity index (χ4n) is 5.93. The molecular weight excluding hydrogens is 546 g/mol. The quantitative estimate of drug-likeness (QED) is 0.179. The van der Waals surface area contributed by atoms with Crippen molar-refractivity contribution in [3.05, 3.63) is 129 Å². The number of hydrogen-bond acceptors (Lipinski definition) is 7. The number of carbonyl (C=O) groups excluding carboxylic acids is 4. The van der Waals surface area contributed by atoms with Crippen LogP contribution in [-0.4, -0.2) is 45.3 Å². The number of fused-ring (bicyclic) bond motifs is 3. The van der Waals surface area contributed by atoms with Gasteiger partial charge in [0.2, 0.25) is 11.8 Å². The average molecular weight is 568 g/mol. The second-order valence-electron chi connectivity index (χ2n) is 10.2. The zero-order chi connectivity index (χ0) is 29.0. The maximum Gasteiger partial charge on any atom is 0.271 e. The van der Waals surface area contributed by atoms with Crippen LogP contribution in [0.25, 0.3) is 0 Å². The summed E-state index contributed by atoms with van der Waals surface area (Å²) in [5.74, 6) is -3.92. The molecule has 6 rings (SSSR count). The Labute approximate surface area is 239 Å². The Morgan fingerprint density at radius 1 is 0.902 bits per heavy atom. The summed E-state index contributed by atoms with van der Waals surface area (Å²) < 4.78 is 0. The van der Waals surface area contributed by atoms with E-state index in [2.05, 4.69) is 0 Å². The number of carbonyl (C=O) groups is 4. The highest BCUT2D eigenvalue weighted by molar-refractivity contribution is 6.30. The zero-order valence-corrected chi connectivity index (χ0v) is 22.4. The zero-order valence-electron chi connectivity index (χ0n) is 21.6. The lowest BCUT2D eigenvalue weighted by Crippen LogP contribution is -2.46. The third kappa shape index (κ3) is 4.25. The number of rotatable bonds is 6. The molecule has 0 N–H and O–H groups in total. The second-order valence-corrected chi connectivity index (χ2v) is 10.6. The molecule has 204 valence electrons. The molecule has 0 aliphatic carbocycles. The van der Waals surface area contributed by atoms with Gasteiger partial charge in [-0.25, -0.2) is 4.90 Å². The summed E-state index contributed by atoms with van der Waals surface area (Å²) in [6.45, 7) is 1.65. The van der Waals surface area contributed by atoms with Crippen LogP contribution in [0.1, 0.15) is 26.3 Å². The summed E-state index contributed by atoms with van der Waals surface area (Å²) in [5.41, 5.74) is 1.43. The molecule has 2 fully saturated rings. The molecule has 0 bridgehead atoms. The number of imide groups is 1. The molecule has 0 aromatic heterocycles. The van der Waals surface area contributed by atoms with Gasteiger partial charge in [-0.3, -0.25) is 29.3 Å². The molecular formula is C31H22ClN3O6. The summed E-state index contributed by atoms with van der Waals surface area (Å²) in [5, 5.41) is 11.9. The standard InChI is InChI=1S/C31H22ClN3O6/c1-17-7-12-22(35(40)41)16-23(17)34-30(38)25-24-15-20(28(36)18-5-3-2-4-6-18)13-14-33(24)27(26(25)31(34)39)29(37)19-8-10-21(32)11-9-19/h2-16,24-27H,1H3/t24-,25+,26+,27-/m0/s1. The maximum absolute atomic E-state index is 14.0. The van der Waals surface area contributed by atoms with Crippen molar-refractivity contribution >= 4 is 46.4 Å². The van der Waals surface area contributed by atoms with Crippen LogP contribution < -0.4 is 4.90 Å². The largest absolute Gasteiger partial charge is 0.359 e. The summed E-state index contributed by atoms with van der Waals surface area (Å²) in [6.07, 6.45) is 4.82. The molecule has 3 aliphatic heterocycles. The number of halogens is 1. The van der Waals surface area contributed by atoms with E-state index in [1.165, 1.54) is 18.2 Å². The van der Waals surface area contributed by atoms with Crippen molar-refractivity contribution in [3.63, 3.8) is 0 Å². The van der Waals surface area contributed by atoms with Crippen LogP contribution in [-0.2, 0) is 9.59 Å². The van der Waals surface area contributed by atoms with Crippen LogP contribution in [0.4, 0.5) is 11.4 Å². The number of amides is 2. The molecule has 0 radical (unpaired) electrons. The first-order valence-electron chi connectivity index (χ1n) is 12.9. The van der Waals surface area contributed by atoms with E-state index in [4.69, 9.17) is 11.6 Å². The molecule has 3 aromatic carbocycles. The molecule has 9 nitrogen and oxygen atoms in total. The molecule has 0 unspecified atom stereocenters. The minimum atomic E-state index is -1.08. The lowest BCUT2D eigenvalue weighted by atomic mass is 9.85. The monoisotopic (exact) mass is 567 g/mol. The Morgan fingerprint density at radius 3 is 2.27 bits per heavy atom. The van der Waals surface area contributed by atoms with Crippen molar-refractivity contribution in [2.75, 3.05) is 4.90 Å². The van der Waals surface area contributed by atoms with Crippen LogP contribution in [0.3, 0.4) is 0 Å². The van der Waals surface area contributed by atoms with Gasteiger partial charge in [-0.2, -0.15) is 0 Å². The van der Waals surface area contributed by atoms with Gasteiger partial charge < -0.3 is 4.90 Å². The summed E-state index contributed by atoms with van der Waals surface area (Å²) in [7, 11) is 0. The number of allylic oxidation sites excluding steroid dienone is 2. The van der Waals surface area contributed by atoms with Gasteiger partial charge >= 0.3 is 0 Å². The van der Waals surface area contributed by atoms with Gasteiger partial charge in [-0.05, 0) is 42.8 Å². The van der Waals surface area contributed by atoms with Crippen molar-refractivity contribution in [1.82, 2.24) is 4.90 Å². The first kappa shape index (κ1) is 26.3. The van der Waals surface area contributed by atoms with Crippen LogP contribution in [0.2, 0.25) is 5.02 Å². The number of hydrogen-bond donors (Lipinski definition) is 0. The van der Waals surface area contributed by atoms with Gasteiger partial charge in [0.05, 0.1) is 28.5 Å². The van der Waals surface area contributed by atoms with Gasteiger partial charge in [-0.1, -0.05) is 54.1 Å². The average Bonchev–Trinajstić information content (AvgIpc) is 3.44. The van der Waals surface area contributed by atoms with E-state index in [0.29, 0.717) is 27.3 Å². The van der Waals surface area contributed by atoms with Crippen LogP contribution >= 0.6 is 11.6 Å². The Hall–Kier alpha value is -4.89. The van der Waals surface area contributed by atoms with Gasteiger partial charge in [0, 0.05) is 40.1 Å². The van der Waals surface area contributed by atoms with E-state index in [-0.39, 0.29) is 22.9 Å². The van der Waals surface area contributed by atoms with E-state index in [9.17, 15) is 29.3 Å². The Morgan fingerprint density at radius 2 is 1.59 bits per heavy atom. The number of nitro benzene ring substituents is 1. The fraction of sp³-hybridized carbons (Fsp3) is 0.161. The molecule has 3 heterocycles. The van der Waals surface area contributed by atoms with Crippen molar-refractivity contribution in [1.29, 1.82) is 0 Å². The highest BCUT2D eigenvalue weighted by atomic mass is 35.5. The van der Waals surface area contributed by atoms with E-state index in [0.717, 1.165) is 4.90 Å². The van der Waals surface area contributed by atoms with Gasteiger partial charge in [0.15, 0.2) is 11.6 Å². The number of benzene rings is 3. The summed E-state index contributed by atoms with van der Waals surface area (Å²) >= 11 is 6.03. The van der Waals surface area contributed by atoms with Crippen molar-refractivity contribution < 1.29 is 24.1 Å². The van der Waals surface area contributed by atoms with Crippen molar-refractivity contribution in [3.8, 4) is 0 Å². The van der Waals surface area contributed by atoms with E-state index in [1.807, 2.05) is 0 Å². The minimum absolute atomic E-state index is 0.101. The van der Waals surface area contributed by atoms with E-state index < -0.39 is 40.7 Å². The number of non-ortho nitro benzene ring substituents is 1. The first-order chi connectivity index (χ1) is 19.7. The first-order valence-corrected chi connectivity index (χ1v) is 13.2. The van der Waals surface area contributed by atoms with E-state index >= 15 is 0 Å². The lowest BCUT2D eigenvalue weighted by molar-refractivity contribution is -0.384. The molecule has 2 amide bonds. The number of aryl methyl sites for hydroxylation is 1. The maximum atomic E-state index is 14.0. The summed E-state index contributed by atoms with van der Waals surface area (Å²) in [4.78, 5) is 68.8. The molecule has 2 saturated heterocycles. The van der Waals surface area contributed by atoms with Gasteiger partial charge in [0.1, 0.15) is 6.04 Å². The molecule has 4 atom stereocenters.